The molecule has 0 fully saturated rings. The van der Waals surface area contributed by atoms with Crippen LogP contribution >= 0.6 is 17.0 Å². The van der Waals surface area contributed by atoms with Gasteiger partial charge in [-0.1, -0.05) is 38.7 Å². The maximum absolute atomic E-state index is 2.49. The van der Waals surface area contributed by atoms with Crippen molar-refractivity contribution in [2.75, 3.05) is 0 Å². The Morgan fingerprint density at radius 1 is 1.22 bits per heavy atom. The molecule has 0 rings (SSSR count). The smallest absolute Gasteiger partial charge is 0.149 e. The highest BCUT2D eigenvalue weighted by molar-refractivity contribution is 8.93. The molecule has 0 saturated heterocycles. The van der Waals surface area contributed by atoms with Crippen LogP contribution in [0, 0.1) is 0 Å². The van der Waals surface area contributed by atoms with Crippen LogP contribution in [0.1, 0.15) is 13.3 Å². The van der Waals surface area contributed by atoms with Gasteiger partial charge in [0.15, 0.2) is 0 Å². The topological polar surface area (TPSA) is 0 Å². The number of hydrogen-bond acceptors (Lipinski definition) is 0. The first-order chi connectivity index (χ1) is 3.56. The normalized spacial score (nSPS) is 9.78. The van der Waals surface area contributed by atoms with E-state index in [9.17, 15) is 0 Å². The van der Waals surface area contributed by atoms with Crippen molar-refractivity contribution >= 4 is 42.3 Å². The van der Waals surface area contributed by atoms with Gasteiger partial charge in [0, 0.05) is 0 Å². The van der Waals surface area contributed by atoms with E-state index in [1.165, 1.54) is 6.42 Å². The van der Waals surface area contributed by atoms with E-state index in [0.717, 1.165) is 0 Å². The molecule has 3 heteroatoms. The first-order valence-corrected chi connectivity index (χ1v) is 10.4. The molecular formula is C6H17BrMgSi. The maximum Gasteiger partial charge on any atom is 0.363 e. The van der Waals surface area contributed by atoms with Gasteiger partial charge in [0.25, 0.3) is 0 Å². The lowest BCUT2D eigenvalue weighted by molar-refractivity contribution is 1.08. The molecule has 0 aromatic carbocycles. The zero-order valence-corrected chi connectivity index (χ0v) is 11.2. The second-order valence-electron chi connectivity index (χ2n) is 3.66. The van der Waals surface area contributed by atoms with Crippen molar-refractivity contribution in [3.63, 3.8) is 0 Å². The molecule has 0 aliphatic rings. The van der Waals surface area contributed by atoms with Crippen molar-refractivity contribution in [2.45, 2.75) is 37.5 Å². The molecule has 0 spiro atoms. The van der Waals surface area contributed by atoms with Gasteiger partial charge in [-0.3, -0.25) is 0 Å². The van der Waals surface area contributed by atoms with Crippen molar-refractivity contribution in [3.8, 4) is 0 Å². The van der Waals surface area contributed by atoms with E-state index in [2.05, 4.69) is 26.6 Å². The zero-order valence-electron chi connectivity index (χ0n) is 7.03. The third-order valence-electron chi connectivity index (χ3n) is 1.28. The summed E-state index contributed by atoms with van der Waals surface area (Å²) in [5.41, 5.74) is -0.539. The van der Waals surface area contributed by atoms with Gasteiger partial charge >= 0.3 is 19.6 Å². The van der Waals surface area contributed by atoms with Gasteiger partial charge < -0.3 is 0 Å². The molecule has 0 aliphatic heterocycles. The van der Waals surface area contributed by atoms with E-state index in [4.69, 9.17) is 0 Å². The summed E-state index contributed by atoms with van der Waals surface area (Å²) in [6, 6.07) is 0. The molecule has 0 atom stereocenters. The summed E-state index contributed by atoms with van der Waals surface area (Å²) in [5.74, 6) is 0. The van der Waals surface area contributed by atoms with Crippen LogP contribution in [0.15, 0.2) is 0 Å². The molecule has 54 valence electrons. The predicted octanol–water partition coefficient (Wildman–Crippen LogP) is 2.93. The summed E-state index contributed by atoms with van der Waals surface area (Å²) in [6.45, 7) is 9.78. The van der Waals surface area contributed by atoms with Crippen molar-refractivity contribution in [1.29, 1.82) is 0 Å². The molecule has 0 nitrogen and oxygen atoms in total. The van der Waals surface area contributed by atoms with E-state index in [1.54, 1.807) is 4.55 Å². The summed E-state index contributed by atoms with van der Waals surface area (Å²) in [5, 5.41) is 0. The van der Waals surface area contributed by atoms with Gasteiger partial charge in [0.1, 0.15) is 0 Å². The SMILES string of the molecule is Br.CC[CH2][Mg][Si](C)(C)C. The summed E-state index contributed by atoms with van der Waals surface area (Å²) < 4.78 is 1.58. The third-order valence-corrected chi connectivity index (χ3v) is 9.40. The second kappa shape index (κ2) is 6.19. The van der Waals surface area contributed by atoms with Crippen LogP contribution in [0.4, 0.5) is 0 Å². The fourth-order valence-corrected chi connectivity index (χ4v) is 6.36. The average molecular weight is 221 g/mol. The predicted molar refractivity (Wildman–Crippen MR) is 54.5 cm³/mol. The number of hydrogen-bond donors (Lipinski definition) is 0. The van der Waals surface area contributed by atoms with Gasteiger partial charge in [-0.15, -0.1) is 21.5 Å². The highest BCUT2D eigenvalue weighted by Gasteiger charge is 2.13. The zero-order chi connectivity index (χ0) is 6.62. The lowest BCUT2D eigenvalue weighted by Crippen LogP contribution is -2.29. The average Bonchev–Trinajstić information content (AvgIpc) is 1.59. The van der Waals surface area contributed by atoms with Crippen LogP contribution < -0.4 is 0 Å². The molecule has 0 amide bonds. The molecule has 0 heterocycles. The van der Waals surface area contributed by atoms with Gasteiger partial charge in [0.05, 0.1) is 0 Å². The Balaban J connectivity index is 0. The molecule has 9 heavy (non-hydrogen) atoms. The second-order valence-corrected chi connectivity index (χ2v) is 17.9. The summed E-state index contributed by atoms with van der Waals surface area (Å²) in [4.78, 5) is 0. The summed E-state index contributed by atoms with van der Waals surface area (Å²) in [7, 11) is 0. The molecule has 0 unspecified atom stereocenters. The molecule has 0 saturated carbocycles. The molecule has 0 N–H and O–H groups in total. The highest BCUT2D eigenvalue weighted by atomic mass is 79.9. The fraction of sp³-hybridized carbons (Fsp3) is 1.00. The van der Waals surface area contributed by atoms with Crippen LogP contribution in [0.3, 0.4) is 0 Å². The van der Waals surface area contributed by atoms with Gasteiger partial charge in [0.2, 0.25) is 0 Å². The standard InChI is InChI=1S/C3H9Si.C3H7.BrH.Mg/c1-4(2)3;1-3-2;;/h1-3H3;1,3H2,2H3;1H;. The quantitative estimate of drug-likeness (QED) is 0.643. The molecular weight excluding hydrogens is 204 g/mol. The first-order valence-electron chi connectivity index (χ1n) is 3.56. The first kappa shape index (κ1) is 13.1. The Morgan fingerprint density at radius 3 is 1.78 bits per heavy atom. The Labute approximate surface area is 79.4 Å². The lowest BCUT2D eigenvalue weighted by Gasteiger charge is -2.12. The lowest BCUT2D eigenvalue weighted by atomic mass is 10.6. The van der Waals surface area contributed by atoms with Crippen molar-refractivity contribution in [3.05, 3.63) is 0 Å². The molecule has 0 bridgehead atoms. The number of rotatable bonds is 3. The van der Waals surface area contributed by atoms with E-state index in [1.807, 2.05) is 0 Å². The highest BCUT2D eigenvalue weighted by Crippen LogP contribution is 2.01. The minimum atomic E-state index is -0.539. The molecule has 0 aliphatic carbocycles. The minimum Gasteiger partial charge on any atom is -0.149 e. The summed E-state index contributed by atoms with van der Waals surface area (Å²) in [6.07, 6.45) is 1.43. The van der Waals surface area contributed by atoms with Crippen LogP contribution in [-0.4, -0.2) is 25.3 Å². The van der Waals surface area contributed by atoms with E-state index < -0.39 is 5.72 Å². The van der Waals surface area contributed by atoms with Crippen LogP contribution in [-0.2, 0) is 0 Å². The molecule has 0 aromatic heterocycles. The Kier molecular flexibility index (Phi) is 9.00. The summed E-state index contributed by atoms with van der Waals surface area (Å²) >= 11 is 0.389. The fourth-order valence-electron chi connectivity index (χ4n) is 0.707. The van der Waals surface area contributed by atoms with Crippen molar-refractivity contribution in [1.82, 2.24) is 0 Å². The minimum absolute atomic E-state index is 0. The Hall–Kier alpha value is 1.46. The van der Waals surface area contributed by atoms with Crippen molar-refractivity contribution < 1.29 is 0 Å². The number of halogens is 1. The van der Waals surface area contributed by atoms with Crippen LogP contribution in [0.2, 0.25) is 24.2 Å². The van der Waals surface area contributed by atoms with E-state index in [-0.39, 0.29) is 17.0 Å². The van der Waals surface area contributed by atoms with Crippen LogP contribution in [0.5, 0.6) is 0 Å². The largest absolute Gasteiger partial charge is 0.363 e. The van der Waals surface area contributed by atoms with E-state index >= 15 is 0 Å². The third kappa shape index (κ3) is 12.6. The van der Waals surface area contributed by atoms with E-state index in [0.29, 0.717) is 19.6 Å². The maximum atomic E-state index is 2.49. The molecule has 0 aromatic rings. The van der Waals surface area contributed by atoms with Crippen LogP contribution in [0.25, 0.3) is 0 Å². The van der Waals surface area contributed by atoms with Gasteiger partial charge in [-0.05, 0) is 0 Å². The van der Waals surface area contributed by atoms with Gasteiger partial charge in [-0.2, -0.15) is 0 Å². The monoisotopic (exact) mass is 220 g/mol. The molecule has 0 radical (unpaired) electrons. The Morgan fingerprint density at radius 2 is 1.67 bits per heavy atom. The van der Waals surface area contributed by atoms with Gasteiger partial charge in [-0.25, -0.2) is 0 Å². The van der Waals surface area contributed by atoms with Crippen molar-refractivity contribution in [2.24, 2.45) is 0 Å². The Bertz CT molecular complexity index is 60.6.